The normalized spacial score (nSPS) is 11.2. The Morgan fingerprint density at radius 1 is 1.21 bits per heavy atom. The number of anilines is 1. The molecule has 0 aliphatic carbocycles. The summed E-state index contributed by atoms with van der Waals surface area (Å²) in [5.41, 5.74) is -0.232. The van der Waals surface area contributed by atoms with E-state index in [1.54, 1.807) is 0 Å². The third-order valence-corrected chi connectivity index (χ3v) is 4.44. The number of hydrogen-bond acceptors (Lipinski definition) is 5. The maximum atomic E-state index is 12.6. The summed E-state index contributed by atoms with van der Waals surface area (Å²) >= 11 is 0. The number of amides is 2. The molecule has 0 saturated carbocycles. The molecule has 0 atom stereocenters. The maximum Gasteiger partial charge on any atom is 0.341 e. The number of esters is 1. The number of sulfone groups is 1. The average molecular weight is 364 g/mol. The molecule has 0 aliphatic heterocycles. The molecular formula is C14H18F2N2O5S. The topological polar surface area (TPSA) is 102 Å². The molecule has 134 valence electrons. The zero-order valence-corrected chi connectivity index (χ0v) is 13.7. The van der Waals surface area contributed by atoms with Crippen LogP contribution in [0.4, 0.5) is 19.3 Å². The molecule has 2 N–H and O–H groups in total. The van der Waals surface area contributed by atoms with Gasteiger partial charge in [-0.1, -0.05) is 12.1 Å². The van der Waals surface area contributed by atoms with Crippen LogP contribution in [-0.4, -0.2) is 39.8 Å². The van der Waals surface area contributed by atoms with Gasteiger partial charge in [0.15, 0.2) is 0 Å². The number of alkyl halides is 2. The lowest BCUT2D eigenvalue weighted by Crippen LogP contribution is -2.30. The Labute approximate surface area is 138 Å². The van der Waals surface area contributed by atoms with E-state index in [9.17, 15) is 26.8 Å². The quantitative estimate of drug-likeness (QED) is 0.544. The first-order valence-corrected chi connectivity index (χ1v) is 8.56. The fourth-order valence-corrected chi connectivity index (χ4v) is 2.66. The highest BCUT2D eigenvalue weighted by molar-refractivity contribution is 7.91. The van der Waals surface area contributed by atoms with Crippen LogP contribution in [0.25, 0.3) is 0 Å². The summed E-state index contributed by atoms with van der Waals surface area (Å²) < 4.78 is 52.9. The summed E-state index contributed by atoms with van der Waals surface area (Å²) in [6.07, 6.45) is 1.22. The van der Waals surface area contributed by atoms with Gasteiger partial charge < -0.3 is 15.4 Å². The molecule has 0 fully saturated rings. The molecule has 10 heteroatoms. The molecule has 0 aliphatic rings. The predicted octanol–water partition coefficient (Wildman–Crippen LogP) is 2.15. The number of para-hydroxylation sites is 1. The Morgan fingerprint density at radius 2 is 1.88 bits per heavy atom. The summed E-state index contributed by atoms with van der Waals surface area (Å²) in [4.78, 5) is 22.0. The summed E-state index contributed by atoms with van der Waals surface area (Å²) in [6.45, 7) is 0.229. The Balaban J connectivity index is 2.58. The van der Waals surface area contributed by atoms with E-state index in [-0.39, 0.29) is 24.6 Å². The van der Waals surface area contributed by atoms with E-state index in [1.807, 2.05) is 0 Å². The van der Waals surface area contributed by atoms with Gasteiger partial charge in [0.25, 0.3) is 0 Å². The van der Waals surface area contributed by atoms with Crippen LogP contribution in [0.15, 0.2) is 29.2 Å². The van der Waals surface area contributed by atoms with Gasteiger partial charge in [-0.15, -0.1) is 0 Å². The van der Waals surface area contributed by atoms with Gasteiger partial charge in [0.2, 0.25) is 9.84 Å². The summed E-state index contributed by atoms with van der Waals surface area (Å²) in [7, 11) is -3.55. The van der Waals surface area contributed by atoms with Gasteiger partial charge in [-0.25, -0.2) is 13.2 Å². The number of ether oxygens (including phenoxy) is 1. The van der Waals surface area contributed by atoms with Crippen LogP contribution in [0.1, 0.15) is 19.3 Å². The second kappa shape index (κ2) is 9.16. The minimum atomic E-state index is -4.82. The van der Waals surface area contributed by atoms with E-state index in [2.05, 4.69) is 15.4 Å². The van der Waals surface area contributed by atoms with Crippen molar-refractivity contribution in [3.05, 3.63) is 24.3 Å². The second-order valence-corrected chi connectivity index (χ2v) is 6.60. The number of benzene rings is 1. The minimum absolute atomic E-state index is 0.218. The summed E-state index contributed by atoms with van der Waals surface area (Å²) in [5.74, 6) is -3.94. The molecule has 7 nitrogen and oxygen atoms in total. The SMILES string of the molecule is COC(=O)CCCCNC(=O)Nc1ccccc1S(=O)(=O)C(F)F. The fraction of sp³-hybridized carbons (Fsp3) is 0.429. The Hall–Kier alpha value is -2.23. The van der Waals surface area contributed by atoms with E-state index in [0.29, 0.717) is 12.8 Å². The zero-order chi connectivity index (χ0) is 18.2. The van der Waals surface area contributed by atoms with E-state index < -0.39 is 26.5 Å². The number of unbranched alkanes of at least 4 members (excludes halogenated alkanes) is 1. The van der Waals surface area contributed by atoms with Gasteiger partial charge in [-0.05, 0) is 25.0 Å². The Kier molecular flexibility index (Phi) is 7.56. The van der Waals surface area contributed by atoms with Crippen molar-refractivity contribution in [3.63, 3.8) is 0 Å². The van der Waals surface area contributed by atoms with Crippen molar-refractivity contribution in [3.8, 4) is 0 Å². The molecule has 0 heterocycles. The van der Waals surface area contributed by atoms with Crippen LogP contribution >= 0.6 is 0 Å². The molecule has 0 radical (unpaired) electrons. The zero-order valence-electron chi connectivity index (χ0n) is 12.9. The molecule has 0 unspecified atom stereocenters. The highest BCUT2D eigenvalue weighted by Gasteiger charge is 2.29. The van der Waals surface area contributed by atoms with E-state index in [4.69, 9.17) is 0 Å². The number of nitrogens with one attached hydrogen (secondary N) is 2. The molecule has 0 aromatic heterocycles. The second-order valence-electron chi connectivity index (χ2n) is 4.72. The van der Waals surface area contributed by atoms with Crippen molar-refractivity contribution in [1.29, 1.82) is 0 Å². The molecule has 0 spiro atoms. The van der Waals surface area contributed by atoms with Crippen molar-refractivity contribution in [2.75, 3.05) is 19.0 Å². The number of halogens is 2. The largest absolute Gasteiger partial charge is 0.469 e. The number of rotatable bonds is 8. The maximum absolute atomic E-state index is 12.6. The average Bonchev–Trinajstić information content (AvgIpc) is 2.54. The van der Waals surface area contributed by atoms with Crippen LogP contribution in [0.5, 0.6) is 0 Å². The van der Waals surface area contributed by atoms with Gasteiger partial charge in [0.05, 0.1) is 17.7 Å². The smallest absolute Gasteiger partial charge is 0.341 e. The lowest BCUT2D eigenvalue weighted by molar-refractivity contribution is -0.140. The standard InChI is InChI=1S/C14H18F2N2O5S/c1-23-12(19)8-4-5-9-17-14(20)18-10-6-2-3-7-11(10)24(21,22)13(15)16/h2-3,6-7,13H,4-5,8-9H2,1H3,(H2,17,18,20). The lowest BCUT2D eigenvalue weighted by atomic mass is 10.2. The first-order valence-electron chi connectivity index (χ1n) is 7.01. The van der Waals surface area contributed by atoms with Gasteiger partial charge >= 0.3 is 17.8 Å². The van der Waals surface area contributed by atoms with Gasteiger partial charge in [0, 0.05) is 13.0 Å². The van der Waals surface area contributed by atoms with E-state index >= 15 is 0 Å². The summed E-state index contributed by atoms with van der Waals surface area (Å²) in [5, 5.41) is 4.67. The molecular weight excluding hydrogens is 346 g/mol. The molecule has 0 saturated heterocycles. The van der Waals surface area contributed by atoms with Crippen LogP contribution in [0.2, 0.25) is 0 Å². The highest BCUT2D eigenvalue weighted by Crippen LogP contribution is 2.25. The molecule has 1 rings (SSSR count). The van der Waals surface area contributed by atoms with Gasteiger partial charge in [-0.3, -0.25) is 4.79 Å². The highest BCUT2D eigenvalue weighted by atomic mass is 32.2. The van der Waals surface area contributed by atoms with Crippen LogP contribution in [0, 0.1) is 0 Å². The van der Waals surface area contributed by atoms with Crippen LogP contribution in [-0.2, 0) is 19.4 Å². The van der Waals surface area contributed by atoms with Crippen molar-refractivity contribution < 1.29 is 31.5 Å². The third kappa shape index (κ3) is 5.76. The van der Waals surface area contributed by atoms with Crippen molar-refractivity contribution >= 4 is 27.5 Å². The van der Waals surface area contributed by atoms with Gasteiger partial charge in [-0.2, -0.15) is 8.78 Å². The molecule has 1 aromatic carbocycles. The predicted molar refractivity (Wildman–Crippen MR) is 82.5 cm³/mol. The lowest BCUT2D eigenvalue weighted by Gasteiger charge is -2.12. The number of carbonyl (C=O) groups is 2. The van der Waals surface area contributed by atoms with E-state index in [1.165, 1.54) is 25.3 Å². The molecule has 0 bridgehead atoms. The number of hydrogen-bond donors (Lipinski definition) is 2. The van der Waals surface area contributed by atoms with Crippen molar-refractivity contribution in [2.45, 2.75) is 29.9 Å². The fourth-order valence-electron chi connectivity index (χ4n) is 1.78. The van der Waals surface area contributed by atoms with Crippen LogP contribution < -0.4 is 10.6 Å². The molecule has 1 aromatic rings. The number of methoxy groups -OCH3 is 1. The van der Waals surface area contributed by atoms with Crippen molar-refractivity contribution in [2.24, 2.45) is 0 Å². The Morgan fingerprint density at radius 3 is 2.50 bits per heavy atom. The first-order chi connectivity index (χ1) is 11.3. The third-order valence-electron chi connectivity index (χ3n) is 3.00. The summed E-state index contributed by atoms with van der Waals surface area (Å²) in [6, 6.07) is 4.17. The Bertz CT molecular complexity index is 679. The minimum Gasteiger partial charge on any atom is -0.469 e. The monoisotopic (exact) mass is 364 g/mol. The van der Waals surface area contributed by atoms with Crippen molar-refractivity contribution in [1.82, 2.24) is 5.32 Å². The first kappa shape index (κ1) is 19.8. The number of carbonyl (C=O) groups excluding carboxylic acids is 2. The van der Waals surface area contributed by atoms with Gasteiger partial charge in [0.1, 0.15) is 0 Å². The van der Waals surface area contributed by atoms with E-state index in [0.717, 1.165) is 6.07 Å². The number of urea groups is 1. The molecule has 24 heavy (non-hydrogen) atoms. The molecule has 2 amide bonds. The van der Waals surface area contributed by atoms with Crippen LogP contribution in [0.3, 0.4) is 0 Å².